The molecule has 0 spiro atoms. The van der Waals surface area contributed by atoms with Crippen molar-refractivity contribution in [2.75, 3.05) is 18.0 Å². The molecule has 1 unspecified atom stereocenters. The third kappa shape index (κ3) is 4.42. The number of aromatic nitrogens is 2. The molecule has 1 saturated heterocycles. The molecule has 0 bridgehead atoms. The van der Waals surface area contributed by atoms with E-state index in [-0.39, 0.29) is 29.7 Å². The second-order valence-corrected chi connectivity index (χ2v) is 6.90. The van der Waals surface area contributed by atoms with Gasteiger partial charge in [0.25, 0.3) is 5.56 Å². The van der Waals surface area contributed by atoms with Gasteiger partial charge in [0, 0.05) is 44.0 Å². The van der Waals surface area contributed by atoms with Gasteiger partial charge in [0.1, 0.15) is 0 Å². The van der Waals surface area contributed by atoms with Crippen molar-refractivity contribution in [1.82, 2.24) is 15.1 Å². The van der Waals surface area contributed by atoms with Crippen molar-refractivity contribution in [3.8, 4) is 0 Å². The van der Waals surface area contributed by atoms with E-state index >= 15 is 0 Å². The van der Waals surface area contributed by atoms with Gasteiger partial charge >= 0.3 is 0 Å². The molecule has 1 atom stereocenters. The smallest absolute Gasteiger partial charge is 0.266 e. The Morgan fingerprint density at radius 1 is 1.22 bits per heavy atom. The monoisotopic (exact) mass is 368 g/mol. The van der Waals surface area contributed by atoms with Crippen LogP contribution in [0.2, 0.25) is 0 Å². The van der Waals surface area contributed by atoms with E-state index in [1.54, 1.807) is 17.2 Å². The van der Waals surface area contributed by atoms with Gasteiger partial charge in [-0.3, -0.25) is 14.4 Å². The standard InChI is InChI=1S/C20H24N4O3/c1-14-6-7-17(11-15(14)2)23-13-16(12-19(23)26)20(27)21-8-4-10-24-18(25)5-3-9-22-24/h3,5-7,9,11,16H,4,8,10,12-13H2,1-2H3,(H,21,27). The summed E-state index contributed by atoms with van der Waals surface area (Å²) in [6.45, 7) is 5.32. The van der Waals surface area contributed by atoms with Crippen molar-refractivity contribution < 1.29 is 9.59 Å². The highest BCUT2D eigenvalue weighted by Crippen LogP contribution is 2.26. The van der Waals surface area contributed by atoms with Crippen LogP contribution in [0.4, 0.5) is 5.69 Å². The van der Waals surface area contributed by atoms with Gasteiger partial charge in [-0.05, 0) is 49.6 Å². The normalized spacial score (nSPS) is 16.6. The molecule has 142 valence electrons. The number of amides is 2. The van der Waals surface area contributed by atoms with Crippen LogP contribution in [0.3, 0.4) is 0 Å². The van der Waals surface area contributed by atoms with E-state index in [0.717, 1.165) is 11.3 Å². The van der Waals surface area contributed by atoms with E-state index in [2.05, 4.69) is 10.4 Å². The Hall–Kier alpha value is -2.96. The second-order valence-electron chi connectivity index (χ2n) is 6.90. The van der Waals surface area contributed by atoms with Crippen LogP contribution in [0.15, 0.2) is 41.3 Å². The van der Waals surface area contributed by atoms with E-state index < -0.39 is 0 Å². The fourth-order valence-corrected chi connectivity index (χ4v) is 3.17. The number of rotatable bonds is 6. The molecule has 3 rings (SSSR count). The van der Waals surface area contributed by atoms with Crippen molar-refractivity contribution in [3.63, 3.8) is 0 Å². The number of aryl methyl sites for hydroxylation is 3. The molecule has 0 radical (unpaired) electrons. The molecule has 7 heteroatoms. The topological polar surface area (TPSA) is 84.3 Å². The quantitative estimate of drug-likeness (QED) is 0.782. The highest BCUT2D eigenvalue weighted by atomic mass is 16.2. The van der Waals surface area contributed by atoms with Gasteiger partial charge in [-0.2, -0.15) is 5.10 Å². The van der Waals surface area contributed by atoms with Gasteiger partial charge in [-0.25, -0.2) is 4.68 Å². The Kier molecular flexibility index (Phi) is 5.69. The predicted octanol–water partition coefficient (Wildman–Crippen LogP) is 1.42. The summed E-state index contributed by atoms with van der Waals surface area (Å²) in [6.07, 6.45) is 2.38. The largest absolute Gasteiger partial charge is 0.356 e. The molecule has 27 heavy (non-hydrogen) atoms. The molecule has 1 aliphatic rings. The molecule has 1 aliphatic heterocycles. The number of nitrogens with one attached hydrogen (secondary N) is 1. The number of carbonyl (C=O) groups is 2. The molecule has 2 amide bonds. The third-order valence-corrected chi connectivity index (χ3v) is 4.93. The lowest BCUT2D eigenvalue weighted by Gasteiger charge is -2.18. The molecular weight excluding hydrogens is 344 g/mol. The first-order chi connectivity index (χ1) is 13.0. The summed E-state index contributed by atoms with van der Waals surface area (Å²) in [5, 5.41) is 6.85. The lowest BCUT2D eigenvalue weighted by Crippen LogP contribution is -2.34. The zero-order chi connectivity index (χ0) is 19.4. The Morgan fingerprint density at radius 3 is 2.78 bits per heavy atom. The van der Waals surface area contributed by atoms with Crippen LogP contribution in [0.5, 0.6) is 0 Å². The molecule has 2 heterocycles. The first kappa shape index (κ1) is 18.8. The molecule has 7 nitrogen and oxygen atoms in total. The Bertz CT molecular complexity index is 906. The van der Waals surface area contributed by atoms with Crippen LogP contribution in [0, 0.1) is 19.8 Å². The summed E-state index contributed by atoms with van der Waals surface area (Å²) in [5.41, 5.74) is 2.98. The summed E-state index contributed by atoms with van der Waals surface area (Å²) in [6, 6.07) is 8.95. The van der Waals surface area contributed by atoms with Crippen LogP contribution in [-0.2, 0) is 16.1 Å². The number of benzene rings is 1. The van der Waals surface area contributed by atoms with Crippen molar-refractivity contribution >= 4 is 17.5 Å². The number of anilines is 1. The maximum absolute atomic E-state index is 12.4. The van der Waals surface area contributed by atoms with E-state index in [9.17, 15) is 14.4 Å². The van der Waals surface area contributed by atoms with Gasteiger partial charge in [0.2, 0.25) is 11.8 Å². The summed E-state index contributed by atoms with van der Waals surface area (Å²) in [4.78, 5) is 38.0. The predicted molar refractivity (Wildman–Crippen MR) is 102 cm³/mol. The SMILES string of the molecule is Cc1ccc(N2CC(C(=O)NCCCn3ncccc3=O)CC2=O)cc1C. The Labute approximate surface area is 158 Å². The lowest BCUT2D eigenvalue weighted by atomic mass is 10.1. The molecule has 1 aromatic heterocycles. The Morgan fingerprint density at radius 2 is 2.04 bits per heavy atom. The molecule has 0 saturated carbocycles. The maximum Gasteiger partial charge on any atom is 0.266 e. The van der Waals surface area contributed by atoms with Gasteiger partial charge in [-0.15, -0.1) is 0 Å². The highest BCUT2D eigenvalue weighted by Gasteiger charge is 2.35. The molecule has 1 N–H and O–H groups in total. The van der Waals surface area contributed by atoms with Crippen molar-refractivity contribution in [2.24, 2.45) is 5.92 Å². The molecule has 2 aromatic rings. The summed E-state index contributed by atoms with van der Waals surface area (Å²) < 4.78 is 1.37. The summed E-state index contributed by atoms with van der Waals surface area (Å²) in [5.74, 6) is -0.502. The minimum absolute atomic E-state index is 0.0292. The van der Waals surface area contributed by atoms with Crippen molar-refractivity contribution in [1.29, 1.82) is 0 Å². The minimum Gasteiger partial charge on any atom is -0.356 e. The van der Waals surface area contributed by atoms with Crippen LogP contribution >= 0.6 is 0 Å². The lowest BCUT2D eigenvalue weighted by molar-refractivity contribution is -0.126. The highest BCUT2D eigenvalue weighted by molar-refractivity contribution is 6.00. The average Bonchev–Trinajstić information content (AvgIpc) is 3.04. The number of hydrogen-bond donors (Lipinski definition) is 1. The summed E-state index contributed by atoms with van der Waals surface area (Å²) >= 11 is 0. The van der Waals surface area contributed by atoms with Gasteiger partial charge < -0.3 is 10.2 Å². The van der Waals surface area contributed by atoms with Crippen molar-refractivity contribution in [3.05, 3.63) is 58.0 Å². The van der Waals surface area contributed by atoms with E-state index in [0.29, 0.717) is 26.1 Å². The zero-order valence-corrected chi connectivity index (χ0v) is 15.6. The van der Waals surface area contributed by atoms with Crippen LogP contribution < -0.4 is 15.8 Å². The van der Waals surface area contributed by atoms with Gasteiger partial charge in [-0.1, -0.05) is 6.07 Å². The molecule has 1 fully saturated rings. The fourth-order valence-electron chi connectivity index (χ4n) is 3.17. The molecule has 1 aromatic carbocycles. The van der Waals surface area contributed by atoms with E-state index in [1.807, 2.05) is 32.0 Å². The Balaban J connectivity index is 1.51. The van der Waals surface area contributed by atoms with Gasteiger partial charge in [0.05, 0.1) is 5.92 Å². The van der Waals surface area contributed by atoms with Crippen LogP contribution in [0.1, 0.15) is 24.0 Å². The van der Waals surface area contributed by atoms with Crippen LogP contribution in [-0.4, -0.2) is 34.7 Å². The first-order valence-electron chi connectivity index (χ1n) is 9.13. The fraction of sp³-hybridized carbons (Fsp3) is 0.400. The second kappa shape index (κ2) is 8.16. The number of nitrogens with zero attached hydrogens (tertiary/aromatic N) is 3. The molecule has 0 aliphatic carbocycles. The van der Waals surface area contributed by atoms with E-state index in [4.69, 9.17) is 0 Å². The maximum atomic E-state index is 12.4. The first-order valence-corrected chi connectivity index (χ1v) is 9.13. The van der Waals surface area contributed by atoms with E-state index in [1.165, 1.54) is 16.3 Å². The summed E-state index contributed by atoms with van der Waals surface area (Å²) in [7, 11) is 0. The van der Waals surface area contributed by atoms with Crippen molar-refractivity contribution in [2.45, 2.75) is 33.2 Å². The zero-order valence-electron chi connectivity index (χ0n) is 15.6. The number of hydrogen-bond acceptors (Lipinski definition) is 4. The average molecular weight is 368 g/mol. The minimum atomic E-state index is -0.350. The van der Waals surface area contributed by atoms with Crippen LogP contribution in [0.25, 0.3) is 0 Å². The van der Waals surface area contributed by atoms with Gasteiger partial charge in [0.15, 0.2) is 0 Å². The molecular formula is C20H24N4O3. The third-order valence-electron chi connectivity index (χ3n) is 4.93. The number of carbonyl (C=O) groups excluding carboxylic acids is 2.